The van der Waals surface area contributed by atoms with Gasteiger partial charge < -0.3 is 14.8 Å². The highest BCUT2D eigenvalue weighted by atomic mass is 16.5. The highest BCUT2D eigenvalue weighted by Crippen LogP contribution is 2.30. The van der Waals surface area contributed by atoms with E-state index in [0.29, 0.717) is 0 Å². The van der Waals surface area contributed by atoms with E-state index in [1.54, 1.807) is 7.11 Å². The smallest absolute Gasteiger partial charge is 0.122 e. The third kappa shape index (κ3) is 4.72. The normalized spacial score (nSPS) is 14.0. The lowest BCUT2D eigenvalue weighted by Gasteiger charge is -2.29. The molecule has 2 unspecified atom stereocenters. The zero-order chi connectivity index (χ0) is 15.8. The van der Waals surface area contributed by atoms with Crippen LogP contribution in [0.3, 0.4) is 0 Å². The van der Waals surface area contributed by atoms with E-state index < -0.39 is 0 Å². The summed E-state index contributed by atoms with van der Waals surface area (Å²) in [6, 6.07) is 4.60. The van der Waals surface area contributed by atoms with E-state index in [0.717, 1.165) is 31.7 Å². The van der Waals surface area contributed by atoms with E-state index in [2.05, 4.69) is 52.1 Å². The second-order valence-electron chi connectivity index (χ2n) is 5.51. The Bertz CT molecular complexity index is 431. The molecule has 3 nitrogen and oxygen atoms in total. The van der Waals surface area contributed by atoms with Gasteiger partial charge in [-0.3, -0.25) is 0 Å². The molecule has 0 saturated heterocycles. The van der Waals surface area contributed by atoms with Gasteiger partial charge >= 0.3 is 0 Å². The topological polar surface area (TPSA) is 30.5 Å². The Hall–Kier alpha value is -1.06. The van der Waals surface area contributed by atoms with Gasteiger partial charge in [-0.2, -0.15) is 0 Å². The van der Waals surface area contributed by atoms with Crippen molar-refractivity contribution in [2.24, 2.45) is 0 Å². The molecule has 0 saturated carbocycles. The van der Waals surface area contributed by atoms with Crippen LogP contribution in [0.25, 0.3) is 0 Å². The van der Waals surface area contributed by atoms with Gasteiger partial charge in [0.1, 0.15) is 5.75 Å². The van der Waals surface area contributed by atoms with Gasteiger partial charge in [-0.25, -0.2) is 0 Å². The summed E-state index contributed by atoms with van der Waals surface area (Å²) in [6.07, 6.45) is 2.32. The maximum absolute atomic E-state index is 5.96. The van der Waals surface area contributed by atoms with Gasteiger partial charge in [-0.05, 0) is 62.9 Å². The molecule has 3 heteroatoms. The van der Waals surface area contributed by atoms with Crippen LogP contribution in [-0.4, -0.2) is 26.4 Å². The van der Waals surface area contributed by atoms with Gasteiger partial charge in [0.2, 0.25) is 0 Å². The van der Waals surface area contributed by atoms with Crippen LogP contribution < -0.4 is 10.1 Å². The molecule has 0 aromatic heterocycles. The van der Waals surface area contributed by atoms with E-state index in [1.807, 2.05) is 0 Å². The third-order valence-corrected chi connectivity index (χ3v) is 3.89. The minimum absolute atomic E-state index is 0.202. The van der Waals surface area contributed by atoms with Crippen molar-refractivity contribution in [3.63, 3.8) is 0 Å². The van der Waals surface area contributed by atoms with Crippen LogP contribution in [0.5, 0.6) is 5.75 Å². The van der Waals surface area contributed by atoms with Gasteiger partial charge in [-0.1, -0.05) is 19.9 Å². The standard InChI is InChI=1S/C18H31NO2/c1-7-10-19-18(16(8-2)21-9-3)15-11-14(5)17(20-6)12-13(15)4/h11-12,16,18-19H,7-10H2,1-6H3. The van der Waals surface area contributed by atoms with Crippen molar-refractivity contribution in [2.45, 2.75) is 59.6 Å². The molecular formula is C18H31NO2. The first kappa shape index (κ1) is 18.0. The number of hydrogen-bond acceptors (Lipinski definition) is 3. The van der Waals surface area contributed by atoms with Crippen molar-refractivity contribution in [3.05, 3.63) is 28.8 Å². The lowest BCUT2D eigenvalue weighted by Crippen LogP contribution is -2.34. The first-order valence-electron chi connectivity index (χ1n) is 8.09. The molecule has 0 amide bonds. The Morgan fingerprint density at radius 2 is 1.81 bits per heavy atom. The molecule has 0 spiro atoms. The third-order valence-electron chi connectivity index (χ3n) is 3.89. The summed E-state index contributed by atoms with van der Waals surface area (Å²) in [7, 11) is 1.73. The quantitative estimate of drug-likeness (QED) is 0.741. The van der Waals surface area contributed by atoms with E-state index in [-0.39, 0.29) is 12.1 Å². The molecule has 0 fully saturated rings. The van der Waals surface area contributed by atoms with E-state index in [4.69, 9.17) is 9.47 Å². The molecule has 21 heavy (non-hydrogen) atoms. The average Bonchev–Trinajstić information content (AvgIpc) is 2.49. The number of ether oxygens (including phenoxy) is 2. The summed E-state index contributed by atoms with van der Waals surface area (Å²) in [5.41, 5.74) is 3.75. The molecule has 1 aromatic carbocycles. The second-order valence-corrected chi connectivity index (χ2v) is 5.51. The maximum atomic E-state index is 5.96. The van der Waals surface area contributed by atoms with Crippen molar-refractivity contribution >= 4 is 0 Å². The lowest BCUT2D eigenvalue weighted by molar-refractivity contribution is 0.0312. The van der Waals surface area contributed by atoms with Crippen molar-refractivity contribution in [1.82, 2.24) is 5.32 Å². The van der Waals surface area contributed by atoms with Gasteiger partial charge in [0.25, 0.3) is 0 Å². The fourth-order valence-electron chi connectivity index (χ4n) is 2.77. The summed E-state index contributed by atoms with van der Waals surface area (Å²) in [6.45, 7) is 12.4. The number of nitrogens with one attached hydrogen (secondary N) is 1. The van der Waals surface area contributed by atoms with Gasteiger partial charge in [0, 0.05) is 6.61 Å². The number of methoxy groups -OCH3 is 1. The maximum Gasteiger partial charge on any atom is 0.122 e. The average molecular weight is 293 g/mol. The monoisotopic (exact) mass is 293 g/mol. The number of benzene rings is 1. The van der Waals surface area contributed by atoms with Crippen molar-refractivity contribution in [3.8, 4) is 5.75 Å². The largest absolute Gasteiger partial charge is 0.496 e. The van der Waals surface area contributed by atoms with Crippen LogP contribution in [0.1, 0.15) is 56.3 Å². The van der Waals surface area contributed by atoms with Crippen molar-refractivity contribution in [2.75, 3.05) is 20.3 Å². The Labute approximate surface area is 130 Å². The fourth-order valence-corrected chi connectivity index (χ4v) is 2.77. The summed E-state index contributed by atoms with van der Waals surface area (Å²) in [5.74, 6) is 0.954. The fraction of sp³-hybridized carbons (Fsp3) is 0.667. The summed E-state index contributed by atoms with van der Waals surface area (Å²) in [4.78, 5) is 0. The van der Waals surface area contributed by atoms with Crippen LogP contribution >= 0.6 is 0 Å². The molecule has 120 valence electrons. The van der Waals surface area contributed by atoms with E-state index in [9.17, 15) is 0 Å². The number of rotatable bonds is 9. The summed E-state index contributed by atoms with van der Waals surface area (Å²) >= 11 is 0. The lowest BCUT2D eigenvalue weighted by atomic mass is 9.93. The van der Waals surface area contributed by atoms with Gasteiger partial charge in [0.05, 0.1) is 19.3 Å². The number of hydrogen-bond donors (Lipinski definition) is 1. The second kappa shape index (κ2) is 9.06. The predicted molar refractivity (Wildman–Crippen MR) is 89.2 cm³/mol. The molecule has 1 N–H and O–H groups in total. The van der Waals surface area contributed by atoms with Crippen LogP contribution in [0.2, 0.25) is 0 Å². The molecule has 1 rings (SSSR count). The highest BCUT2D eigenvalue weighted by Gasteiger charge is 2.24. The van der Waals surface area contributed by atoms with Crippen molar-refractivity contribution in [1.29, 1.82) is 0 Å². The molecule has 0 bridgehead atoms. The van der Waals surface area contributed by atoms with Gasteiger partial charge in [-0.15, -0.1) is 0 Å². The van der Waals surface area contributed by atoms with Gasteiger partial charge in [0.15, 0.2) is 0 Å². The minimum Gasteiger partial charge on any atom is -0.496 e. The number of aryl methyl sites for hydroxylation is 2. The van der Waals surface area contributed by atoms with Crippen LogP contribution in [0.4, 0.5) is 0 Å². The minimum atomic E-state index is 0.202. The first-order chi connectivity index (χ1) is 10.1. The van der Waals surface area contributed by atoms with Crippen LogP contribution in [-0.2, 0) is 4.74 Å². The van der Waals surface area contributed by atoms with E-state index >= 15 is 0 Å². The predicted octanol–water partition coefficient (Wildman–Crippen LogP) is 4.17. The Morgan fingerprint density at radius 1 is 1.10 bits per heavy atom. The SMILES string of the molecule is CCCNC(c1cc(C)c(OC)cc1C)C(CC)OCC. The molecule has 0 radical (unpaired) electrons. The Kier molecular flexibility index (Phi) is 7.76. The molecular weight excluding hydrogens is 262 g/mol. The molecule has 0 aliphatic carbocycles. The molecule has 0 heterocycles. The highest BCUT2D eigenvalue weighted by molar-refractivity contribution is 5.43. The molecule has 2 atom stereocenters. The summed E-state index contributed by atoms with van der Waals surface area (Å²) in [5, 5.41) is 3.66. The van der Waals surface area contributed by atoms with Crippen molar-refractivity contribution < 1.29 is 9.47 Å². The molecule has 1 aromatic rings. The first-order valence-corrected chi connectivity index (χ1v) is 8.09. The Morgan fingerprint density at radius 3 is 2.33 bits per heavy atom. The zero-order valence-corrected chi connectivity index (χ0v) is 14.5. The zero-order valence-electron chi connectivity index (χ0n) is 14.5. The van der Waals surface area contributed by atoms with Crippen LogP contribution in [0, 0.1) is 13.8 Å². The summed E-state index contributed by atoms with van der Waals surface area (Å²) < 4.78 is 11.4. The molecule has 0 aliphatic heterocycles. The molecule has 0 aliphatic rings. The Balaban J connectivity index is 3.15. The van der Waals surface area contributed by atoms with E-state index in [1.165, 1.54) is 16.7 Å². The van der Waals surface area contributed by atoms with Crippen LogP contribution in [0.15, 0.2) is 12.1 Å².